The predicted molar refractivity (Wildman–Crippen MR) is 137 cm³/mol. The van der Waals surface area contributed by atoms with Crippen molar-refractivity contribution in [3.8, 4) is 0 Å². The summed E-state index contributed by atoms with van der Waals surface area (Å²) in [6.07, 6.45) is 0. The number of amides is 2. The summed E-state index contributed by atoms with van der Waals surface area (Å²) >= 11 is 7.31. The topological polar surface area (TPSA) is 83.8 Å². The fourth-order valence-corrected chi connectivity index (χ4v) is 5.90. The molecule has 7 nitrogen and oxygen atoms in total. The molecule has 2 aliphatic rings. The van der Waals surface area contributed by atoms with Crippen LogP contribution in [0.1, 0.15) is 37.9 Å². The number of thiazole rings is 1. The van der Waals surface area contributed by atoms with Gasteiger partial charge in [-0.1, -0.05) is 53.3 Å². The van der Waals surface area contributed by atoms with Crippen LogP contribution in [0.3, 0.4) is 0 Å². The van der Waals surface area contributed by atoms with Crippen LogP contribution in [0.4, 0.5) is 5.69 Å². The maximum Gasteiger partial charge on any atom is 0.271 e. The number of hydrogen-bond donors (Lipinski definition) is 1. The normalized spacial score (nSPS) is 18.1. The van der Waals surface area contributed by atoms with Crippen LogP contribution in [0, 0.1) is 0 Å². The summed E-state index contributed by atoms with van der Waals surface area (Å²) in [7, 11) is 0. The molecule has 0 unspecified atom stereocenters. The van der Waals surface area contributed by atoms with Gasteiger partial charge in [-0.2, -0.15) is 0 Å². The Morgan fingerprint density at radius 2 is 1.80 bits per heavy atom. The molecule has 1 atom stereocenters. The van der Waals surface area contributed by atoms with Gasteiger partial charge in [-0.05, 0) is 44.5 Å². The summed E-state index contributed by atoms with van der Waals surface area (Å²) in [5.41, 5.74) is 3.06. The van der Waals surface area contributed by atoms with Crippen molar-refractivity contribution < 1.29 is 9.59 Å². The Kier molecular flexibility index (Phi) is 5.94. The summed E-state index contributed by atoms with van der Waals surface area (Å²) in [5.74, 6) is -0.493. The minimum Gasteiger partial charge on any atom is -0.339 e. The van der Waals surface area contributed by atoms with Crippen molar-refractivity contribution in [3.05, 3.63) is 95.6 Å². The fourth-order valence-electron chi connectivity index (χ4n) is 4.63. The lowest BCUT2D eigenvalue weighted by Crippen LogP contribution is -2.43. The SMILES string of the molecule is CCN(CC)C(=O)C1=C(C)N=c2s/c(=C3\C(=O)Nc4ccccc43)c(=O)n2[C@H]1c1ccc(Cl)cc1. The summed E-state index contributed by atoms with van der Waals surface area (Å²) in [5, 5.41) is 3.39. The lowest BCUT2D eigenvalue weighted by Gasteiger charge is -2.29. The van der Waals surface area contributed by atoms with Crippen molar-refractivity contribution in [2.45, 2.75) is 26.8 Å². The molecule has 0 radical (unpaired) electrons. The number of benzene rings is 2. The number of hydrogen-bond acceptors (Lipinski definition) is 5. The zero-order valence-electron chi connectivity index (χ0n) is 19.5. The Morgan fingerprint density at radius 3 is 2.49 bits per heavy atom. The van der Waals surface area contributed by atoms with E-state index in [1.165, 1.54) is 15.9 Å². The number of halogens is 1. The van der Waals surface area contributed by atoms with Crippen LogP contribution in [0.5, 0.6) is 0 Å². The molecule has 0 saturated carbocycles. The molecule has 0 bridgehead atoms. The second-order valence-corrected chi connectivity index (χ2v) is 9.72. The van der Waals surface area contributed by atoms with Gasteiger partial charge in [-0.15, -0.1) is 0 Å². The Balaban J connectivity index is 1.81. The average Bonchev–Trinajstić information content (AvgIpc) is 3.34. The Bertz CT molecular complexity index is 1580. The van der Waals surface area contributed by atoms with Crippen molar-refractivity contribution in [2.75, 3.05) is 18.4 Å². The minimum absolute atomic E-state index is 0.168. The molecule has 1 N–H and O–H groups in total. The first-order valence-electron chi connectivity index (χ1n) is 11.4. The van der Waals surface area contributed by atoms with Gasteiger partial charge in [-0.3, -0.25) is 19.0 Å². The molecule has 0 saturated heterocycles. The van der Waals surface area contributed by atoms with E-state index in [2.05, 4.69) is 10.3 Å². The maximum absolute atomic E-state index is 13.9. The molecule has 2 amide bonds. The Morgan fingerprint density at radius 1 is 1.11 bits per heavy atom. The fraction of sp³-hybridized carbons (Fsp3) is 0.231. The van der Waals surface area contributed by atoms with Crippen LogP contribution in [0.25, 0.3) is 5.57 Å². The highest BCUT2D eigenvalue weighted by molar-refractivity contribution is 7.07. The van der Waals surface area contributed by atoms with Crippen LogP contribution >= 0.6 is 22.9 Å². The first-order valence-corrected chi connectivity index (χ1v) is 12.6. The summed E-state index contributed by atoms with van der Waals surface area (Å²) in [6, 6.07) is 13.7. The highest BCUT2D eigenvalue weighted by Gasteiger charge is 2.35. The number of carbonyl (C=O) groups is 2. The molecule has 2 aromatic carbocycles. The predicted octanol–water partition coefficient (Wildman–Crippen LogP) is 3.08. The number of fused-ring (bicyclic) bond motifs is 2. The van der Waals surface area contributed by atoms with E-state index in [-0.39, 0.29) is 17.4 Å². The third-order valence-corrected chi connectivity index (χ3v) is 7.67. The number of aromatic nitrogens is 1. The third-order valence-electron chi connectivity index (χ3n) is 6.36. The monoisotopic (exact) mass is 506 g/mol. The van der Waals surface area contributed by atoms with Crippen LogP contribution < -0.4 is 20.2 Å². The third kappa shape index (κ3) is 3.73. The quantitative estimate of drug-likeness (QED) is 0.590. The number of nitrogens with one attached hydrogen (secondary N) is 1. The second kappa shape index (κ2) is 8.94. The zero-order chi connectivity index (χ0) is 24.9. The van der Waals surface area contributed by atoms with Gasteiger partial charge in [0.1, 0.15) is 4.53 Å². The molecule has 0 spiro atoms. The highest BCUT2D eigenvalue weighted by atomic mass is 35.5. The van der Waals surface area contributed by atoms with E-state index in [0.29, 0.717) is 55.5 Å². The molecule has 2 aliphatic heterocycles. The summed E-state index contributed by atoms with van der Waals surface area (Å²) < 4.78 is 1.84. The van der Waals surface area contributed by atoms with Gasteiger partial charge >= 0.3 is 0 Å². The van der Waals surface area contributed by atoms with E-state index in [0.717, 1.165) is 5.56 Å². The van der Waals surface area contributed by atoms with Gasteiger partial charge in [0, 0.05) is 29.4 Å². The van der Waals surface area contributed by atoms with Crippen molar-refractivity contribution in [3.63, 3.8) is 0 Å². The van der Waals surface area contributed by atoms with E-state index in [1.54, 1.807) is 30.0 Å². The smallest absolute Gasteiger partial charge is 0.271 e. The van der Waals surface area contributed by atoms with E-state index < -0.39 is 6.04 Å². The molecule has 0 aliphatic carbocycles. The van der Waals surface area contributed by atoms with Crippen molar-refractivity contribution in [2.24, 2.45) is 4.99 Å². The summed E-state index contributed by atoms with van der Waals surface area (Å²) in [6.45, 7) is 6.69. The largest absolute Gasteiger partial charge is 0.339 e. The molecule has 5 rings (SSSR count). The molecule has 3 heterocycles. The number of rotatable bonds is 4. The molecule has 178 valence electrons. The van der Waals surface area contributed by atoms with Crippen molar-refractivity contribution in [1.29, 1.82) is 0 Å². The lowest BCUT2D eigenvalue weighted by atomic mass is 9.94. The summed E-state index contributed by atoms with van der Waals surface area (Å²) in [4.78, 5) is 47.3. The van der Waals surface area contributed by atoms with Gasteiger partial charge in [0.25, 0.3) is 17.4 Å². The molecule has 1 aromatic heterocycles. The first kappa shape index (κ1) is 23.3. The van der Waals surface area contributed by atoms with Gasteiger partial charge in [0.05, 0.1) is 22.9 Å². The highest BCUT2D eigenvalue weighted by Crippen LogP contribution is 2.33. The number of carbonyl (C=O) groups excluding carboxylic acids is 2. The van der Waals surface area contributed by atoms with Crippen molar-refractivity contribution in [1.82, 2.24) is 9.47 Å². The molecule has 0 fully saturated rings. The molecule has 3 aromatic rings. The molecular weight excluding hydrogens is 484 g/mol. The van der Waals surface area contributed by atoms with E-state index in [9.17, 15) is 14.4 Å². The van der Waals surface area contributed by atoms with E-state index in [1.807, 2.05) is 44.2 Å². The second-order valence-electron chi connectivity index (χ2n) is 8.31. The number of allylic oxidation sites excluding steroid dienone is 1. The van der Waals surface area contributed by atoms with Gasteiger partial charge in [0.2, 0.25) is 0 Å². The Labute approximate surface area is 210 Å². The number of nitrogens with zero attached hydrogens (tertiary/aromatic N) is 3. The van der Waals surface area contributed by atoms with Crippen LogP contribution in [-0.4, -0.2) is 34.4 Å². The maximum atomic E-state index is 13.9. The average molecular weight is 507 g/mol. The van der Waals surface area contributed by atoms with Crippen LogP contribution in [-0.2, 0) is 9.59 Å². The number of likely N-dealkylation sites (N-methyl/N-ethyl adjacent to an activating group) is 1. The van der Waals surface area contributed by atoms with Crippen LogP contribution in [0.2, 0.25) is 5.02 Å². The molecule has 35 heavy (non-hydrogen) atoms. The standard InChI is InChI=1S/C26H23ClN4O3S/c1-4-30(5-2)24(33)19-14(3)28-26-31(21(19)15-10-12-16(27)13-11-15)25(34)22(35-26)20-17-8-6-7-9-18(17)29-23(20)32/h6-13,21H,4-5H2,1-3H3,(H,29,32)/b22-20-/t21-/m0/s1. The van der Waals surface area contributed by atoms with Gasteiger partial charge < -0.3 is 10.2 Å². The number of para-hydroxylation sites is 1. The Hall–Kier alpha value is -3.49. The minimum atomic E-state index is -0.689. The number of anilines is 1. The molecule has 9 heteroatoms. The van der Waals surface area contributed by atoms with Gasteiger partial charge in [-0.25, -0.2) is 4.99 Å². The van der Waals surface area contributed by atoms with Crippen molar-refractivity contribution >= 4 is 46.0 Å². The lowest BCUT2D eigenvalue weighted by molar-refractivity contribution is -0.127. The zero-order valence-corrected chi connectivity index (χ0v) is 21.0. The molecular formula is C26H23ClN4O3S. The van der Waals surface area contributed by atoms with Crippen LogP contribution in [0.15, 0.2) is 69.6 Å². The van der Waals surface area contributed by atoms with E-state index >= 15 is 0 Å². The van der Waals surface area contributed by atoms with E-state index in [4.69, 9.17) is 11.6 Å². The first-order chi connectivity index (χ1) is 16.8. The van der Waals surface area contributed by atoms with Gasteiger partial charge in [0.15, 0.2) is 4.80 Å².